The fraction of sp³-hybridized carbons (Fsp3) is 0.476. The average molecular weight is 405 g/mol. The van der Waals surface area contributed by atoms with Crippen LogP contribution in [0, 0.1) is 11.8 Å². The van der Waals surface area contributed by atoms with Gasteiger partial charge < -0.3 is 14.2 Å². The van der Waals surface area contributed by atoms with Gasteiger partial charge in [-0.1, -0.05) is 43.8 Å². The summed E-state index contributed by atoms with van der Waals surface area (Å²) in [7, 11) is 1.60. The summed E-state index contributed by atoms with van der Waals surface area (Å²) in [5.41, 5.74) is 0.892. The molecule has 0 radical (unpaired) electrons. The smallest absolute Gasteiger partial charge is 0.364 e. The molecule has 29 heavy (non-hydrogen) atoms. The molecule has 1 aromatic carbocycles. The number of hydrogen-bond donors (Lipinski definition) is 0. The molecule has 1 aromatic heterocycles. The van der Waals surface area contributed by atoms with Crippen molar-refractivity contribution in [3.63, 3.8) is 0 Å². The van der Waals surface area contributed by atoms with Crippen LogP contribution >= 0.6 is 0 Å². The Balaban J connectivity index is 2.35. The third-order valence-electron chi connectivity index (χ3n) is 4.79. The lowest BCUT2D eigenvalue weighted by Gasteiger charge is -2.26. The molecule has 0 aliphatic carbocycles. The number of methoxy groups -OCH3 is 1. The molecule has 8 heteroatoms. The van der Waals surface area contributed by atoms with Crippen molar-refractivity contribution in [2.24, 2.45) is 11.8 Å². The van der Waals surface area contributed by atoms with Crippen molar-refractivity contribution in [3.05, 3.63) is 48.2 Å². The van der Waals surface area contributed by atoms with Crippen molar-refractivity contribution in [1.82, 2.24) is 15.0 Å². The molecule has 158 valence electrons. The fourth-order valence-corrected chi connectivity index (χ4v) is 2.72. The monoisotopic (exact) mass is 405 g/mol. The number of rotatable bonds is 11. The molecule has 1 heterocycles. The minimum atomic E-state index is -0.627. The third-order valence-corrected chi connectivity index (χ3v) is 4.79. The highest BCUT2D eigenvalue weighted by molar-refractivity contribution is 5.89. The maximum Gasteiger partial charge on any atom is 0.364 e. The first-order valence-corrected chi connectivity index (χ1v) is 9.53. The SMILES string of the molecule is C=CC(Oc1c(C(=O)OCC)nnn1Cc1ccc(OC)cc1)[C@H](C)[C@@H](C)CF. The molecule has 2 aromatic rings. The van der Waals surface area contributed by atoms with E-state index in [0.29, 0.717) is 6.54 Å². The van der Waals surface area contributed by atoms with E-state index in [-0.39, 0.29) is 30.0 Å². The van der Waals surface area contributed by atoms with Crippen LogP contribution in [0.1, 0.15) is 36.8 Å². The van der Waals surface area contributed by atoms with Gasteiger partial charge in [0.05, 0.1) is 26.9 Å². The summed E-state index contributed by atoms with van der Waals surface area (Å²) in [5, 5.41) is 8.03. The molecule has 0 fully saturated rings. The van der Waals surface area contributed by atoms with Gasteiger partial charge in [0.1, 0.15) is 11.9 Å². The Bertz CT molecular complexity index is 807. The van der Waals surface area contributed by atoms with Gasteiger partial charge in [-0.25, -0.2) is 9.48 Å². The van der Waals surface area contributed by atoms with Crippen LogP contribution in [0.5, 0.6) is 11.6 Å². The third kappa shape index (κ3) is 5.56. The first kappa shape index (κ1) is 22.4. The first-order valence-electron chi connectivity index (χ1n) is 9.53. The average Bonchev–Trinajstić information content (AvgIpc) is 3.13. The first-order chi connectivity index (χ1) is 13.9. The van der Waals surface area contributed by atoms with E-state index in [1.165, 1.54) is 4.68 Å². The zero-order valence-corrected chi connectivity index (χ0v) is 17.3. The van der Waals surface area contributed by atoms with Gasteiger partial charge in [-0.05, 0) is 30.5 Å². The van der Waals surface area contributed by atoms with E-state index >= 15 is 0 Å². The number of hydrogen-bond acceptors (Lipinski definition) is 6. The van der Waals surface area contributed by atoms with Gasteiger partial charge in [-0.2, -0.15) is 0 Å². The van der Waals surface area contributed by atoms with E-state index in [1.807, 2.05) is 31.2 Å². The van der Waals surface area contributed by atoms with Crippen LogP contribution in [0.4, 0.5) is 4.39 Å². The number of aromatic nitrogens is 3. The van der Waals surface area contributed by atoms with Crippen molar-refractivity contribution in [3.8, 4) is 11.6 Å². The number of nitrogens with zero attached hydrogens (tertiary/aromatic N) is 3. The van der Waals surface area contributed by atoms with Gasteiger partial charge in [0.25, 0.3) is 0 Å². The van der Waals surface area contributed by atoms with Crippen LogP contribution in [0.3, 0.4) is 0 Å². The number of carbonyl (C=O) groups is 1. The van der Waals surface area contributed by atoms with Gasteiger partial charge in [0.2, 0.25) is 11.6 Å². The van der Waals surface area contributed by atoms with Crippen LogP contribution in [0.15, 0.2) is 36.9 Å². The van der Waals surface area contributed by atoms with E-state index in [0.717, 1.165) is 11.3 Å². The fourth-order valence-electron chi connectivity index (χ4n) is 2.72. The number of carbonyl (C=O) groups excluding carboxylic acids is 1. The van der Waals surface area contributed by atoms with Gasteiger partial charge in [-0.15, -0.1) is 5.10 Å². The largest absolute Gasteiger partial charge is 0.497 e. The van der Waals surface area contributed by atoms with Crippen LogP contribution < -0.4 is 9.47 Å². The molecule has 0 aliphatic rings. The molecule has 3 atom stereocenters. The van der Waals surface area contributed by atoms with Crippen molar-refractivity contribution in [1.29, 1.82) is 0 Å². The molecule has 0 saturated carbocycles. The van der Waals surface area contributed by atoms with Crippen molar-refractivity contribution in [2.75, 3.05) is 20.4 Å². The highest BCUT2D eigenvalue weighted by atomic mass is 19.1. The van der Waals surface area contributed by atoms with Crippen LogP contribution in [0.25, 0.3) is 0 Å². The Hall–Kier alpha value is -2.90. The Kier molecular flexibility index (Phi) is 8.18. The highest BCUT2D eigenvalue weighted by Crippen LogP contribution is 2.26. The number of halogens is 1. The number of ether oxygens (including phenoxy) is 3. The zero-order valence-electron chi connectivity index (χ0n) is 17.3. The molecule has 0 N–H and O–H groups in total. The zero-order chi connectivity index (χ0) is 21.4. The second kappa shape index (κ2) is 10.6. The Morgan fingerprint density at radius 1 is 1.31 bits per heavy atom. The summed E-state index contributed by atoms with van der Waals surface area (Å²) in [6, 6.07) is 7.42. The summed E-state index contributed by atoms with van der Waals surface area (Å²) < 4.78 is 30.9. The lowest BCUT2D eigenvalue weighted by Crippen LogP contribution is -2.30. The van der Waals surface area contributed by atoms with Gasteiger partial charge >= 0.3 is 5.97 Å². The molecule has 1 unspecified atom stereocenters. The molecule has 2 rings (SSSR count). The second-order valence-corrected chi connectivity index (χ2v) is 6.78. The lowest BCUT2D eigenvalue weighted by atomic mass is 9.91. The number of esters is 1. The standard InChI is InChI=1S/C21H28FN3O4/c1-6-18(15(4)14(3)12-22)29-20-19(21(26)28-7-2)23-24-25(20)13-16-8-10-17(27-5)11-9-16/h6,8-11,14-15,18H,1,7,12-13H2,2-5H3/t14-,15+,18?/m0/s1. The molecule has 0 bridgehead atoms. The summed E-state index contributed by atoms with van der Waals surface area (Å²) in [6.45, 7) is 9.21. The molecule has 7 nitrogen and oxygen atoms in total. The van der Waals surface area contributed by atoms with E-state index in [4.69, 9.17) is 14.2 Å². The van der Waals surface area contributed by atoms with E-state index < -0.39 is 18.7 Å². The van der Waals surface area contributed by atoms with Crippen molar-refractivity contribution in [2.45, 2.75) is 33.4 Å². The van der Waals surface area contributed by atoms with Gasteiger partial charge in [-0.3, -0.25) is 4.39 Å². The predicted molar refractivity (Wildman–Crippen MR) is 107 cm³/mol. The molecule has 0 amide bonds. The molecule has 0 aliphatic heterocycles. The Morgan fingerprint density at radius 2 is 2.00 bits per heavy atom. The van der Waals surface area contributed by atoms with Gasteiger partial charge in [0.15, 0.2) is 0 Å². The second-order valence-electron chi connectivity index (χ2n) is 6.78. The molecule has 0 spiro atoms. The topological polar surface area (TPSA) is 75.5 Å². The predicted octanol–water partition coefficient (Wildman–Crippen LogP) is 3.69. The summed E-state index contributed by atoms with van der Waals surface area (Å²) in [4.78, 5) is 12.3. The maximum absolute atomic E-state index is 13.1. The summed E-state index contributed by atoms with van der Waals surface area (Å²) in [6.07, 6.45) is 1.07. The summed E-state index contributed by atoms with van der Waals surface area (Å²) >= 11 is 0. The molecular formula is C21H28FN3O4. The number of alkyl halides is 1. The van der Waals surface area contributed by atoms with Crippen LogP contribution in [-0.2, 0) is 11.3 Å². The Morgan fingerprint density at radius 3 is 2.55 bits per heavy atom. The van der Waals surface area contributed by atoms with Crippen molar-refractivity contribution < 1.29 is 23.4 Å². The minimum absolute atomic E-state index is 0.0210. The van der Waals surface area contributed by atoms with Gasteiger partial charge in [0, 0.05) is 5.92 Å². The molecular weight excluding hydrogens is 377 g/mol. The summed E-state index contributed by atoms with van der Waals surface area (Å²) in [5.74, 6) is -0.136. The normalized spacial score (nSPS) is 14.0. The minimum Gasteiger partial charge on any atom is -0.497 e. The van der Waals surface area contributed by atoms with Crippen LogP contribution in [-0.4, -0.2) is 47.5 Å². The van der Waals surface area contributed by atoms with E-state index in [2.05, 4.69) is 16.9 Å². The lowest BCUT2D eigenvalue weighted by molar-refractivity contribution is 0.0507. The Labute approximate surface area is 170 Å². The maximum atomic E-state index is 13.1. The molecule has 0 saturated heterocycles. The number of benzene rings is 1. The quantitative estimate of drug-likeness (QED) is 0.419. The highest BCUT2D eigenvalue weighted by Gasteiger charge is 2.28. The van der Waals surface area contributed by atoms with Crippen LogP contribution in [0.2, 0.25) is 0 Å². The van der Waals surface area contributed by atoms with E-state index in [1.54, 1.807) is 27.0 Å². The van der Waals surface area contributed by atoms with Crippen molar-refractivity contribution >= 4 is 5.97 Å². The van der Waals surface area contributed by atoms with E-state index in [9.17, 15) is 9.18 Å².